The van der Waals surface area contributed by atoms with E-state index in [1.54, 1.807) is 45.0 Å². The van der Waals surface area contributed by atoms with Gasteiger partial charge in [0.2, 0.25) is 21.8 Å². The molecule has 0 heterocycles. The van der Waals surface area contributed by atoms with Crippen LogP contribution in [-0.2, 0) is 26.2 Å². The number of hydrogen-bond donors (Lipinski definition) is 2. The summed E-state index contributed by atoms with van der Waals surface area (Å²) in [4.78, 5) is 29.5. The number of likely N-dealkylation sites (N-methyl/N-ethyl adjacent to an activating group) is 3. The van der Waals surface area contributed by atoms with Gasteiger partial charge in [-0.1, -0.05) is 12.1 Å². The number of carbonyl (C=O) groups excluding carboxylic acids is 2. The van der Waals surface area contributed by atoms with Gasteiger partial charge in [0.05, 0.1) is 12.0 Å². The van der Waals surface area contributed by atoms with Crippen LogP contribution in [-0.4, -0.2) is 94.8 Å². The van der Waals surface area contributed by atoms with Gasteiger partial charge in [0.1, 0.15) is 11.3 Å². The van der Waals surface area contributed by atoms with Gasteiger partial charge in [0.25, 0.3) is 0 Å². The van der Waals surface area contributed by atoms with Crippen molar-refractivity contribution in [3.63, 3.8) is 0 Å². The maximum Gasteiger partial charge on any atom is 0.244 e. The Bertz CT molecular complexity index is 1370. The van der Waals surface area contributed by atoms with Crippen LogP contribution in [0, 0.1) is 13.8 Å². The molecule has 0 saturated heterocycles. The molecule has 0 aliphatic heterocycles. The van der Waals surface area contributed by atoms with E-state index in [-0.39, 0.29) is 16.7 Å². The van der Waals surface area contributed by atoms with Crippen molar-refractivity contribution in [1.82, 2.24) is 19.4 Å². The Labute approximate surface area is 245 Å². The molecule has 10 nitrogen and oxygen atoms in total. The largest absolute Gasteiger partial charge is 0.497 e. The van der Waals surface area contributed by atoms with Gasteiger partial charge in [-0.2, -0.15) is 4.31 Å². The topological polar surface area (TPSA) is 111 Å². The van der Waals surface area contributed by atoms with Gasteiger partial charge in [-0.05, 0) is 81.7 Å². The number of nitrogens with one attached hydrogen (secondary N) is 2. The quantitative estimate of drug-likeness (QED) is 0.371. The molecular formula is C30H45N5O5S. The van der Waals surface area contributed by atoms with Crippen molar-refractivity contribution in [2.24, 2.45) is 0 Å². The number of nitrogens with zero attached hydrogens (tertiary/aromatic N) is 3. The summed E-state index contributed by atoms with van der Waals surface area (Å²) in [5, 5.41) is 6.38. The molecule has 1 aliphatic rings. The average Bonchev–Trinajstić information content (AvgIpc) is 3.64. The number of aryl methyl sites for hydroxylation is 2. The average molecular weight is 588 g/mol. The molecule has 0 radical (unpaired) electrons. The highest BCUT2D eigenvalue weighted by molar-refractivity contribution is 7.89. The standard InChI is InChI=1S/C30H45N5O5S/c1-10-31-29(37)30(35(8)41(38,39)28-20(2)15-24(40-9)16-21(28)3)18-26(30)25-17-23(19-34(7)22(4)36)11-12-27(25)32-13-14-33(5)6/h11-12,15-17,26,32H,10,13-14,18-19H2,1-9H3,(H,31,37). The molecule has 0 bridgehead atoms. The van der Waals surface area contributed by atoms with Gasteiger partial charge in [-0.25, -0.2) is 8.42 Å². The molecule has 1 saturated carbocycles. The summed E-state index contributed by atoms with van der Waals surface area (Å²) in [6, 6.07) is 9.30. The molecule has 2 unspecified atom stereocenters. The Morgan fingerprint density at radius 2 is 1.71 bits per heavy atom. The first-order valence-electron chi connectivity index (χ1n) is 13.9. The number of sulfonamides is 1. The summed E-state index contributed by atoms with van der Waals surface area (Å²) in [5.41, 5.74) is 2.40. The first kappa shape index (κ1) is 32.4. The number of benzene rings is 2. The molecule has 41 heavy (non-hydrogen) atoms. The van der Waals surface area contributed by atoms with E-state index in [1.807, 2.05) is 39.2 Å². The van der Waals surface area contributed by atoms with Crippen LogP contribution in [0.25, 0.3) is 0 Å². The highest BCUT2D eigenvalue weighted by Gasteiger charge is 2.66. The number of methoxy groups -OCH3 is 1. The van der Waals surface area contributed by atoms with Crippen molar-refractivity contribution < 1.29 is 22.7 Å². The number of hydrogen-bond acceptors (Lipinski definition) is 7. The lowest BCUT2D eigenvalue weighted by atomic mass is 10.00. The van der Waals surface area contributed by atoms with Crippen LogP contribution in [0.4, 0.5) is 5.69 Å². The molecule has 11 heteroatoms. The van der Waals surface area contributed by atoms with E-state index >= 15 is 0 Å². The zero-order valence-electron chi connectivity index (χ0n) is 25.8. The summed E-state index contributed by atoms with van der Waals surface area (Å²) >= 11 is 0. The molecule has 0 spiro atoms. The monoisotopic (exact) mass is 587 g/mol. The Hall–Kier alpha value is -3.15. The van der Waals surface area contributed by atoms with Crippen molar-refractivity contribution in [2.45, 2.75) is 57.0 Å². The second-order valence-electron chi connectivity index (χ2n) is 11.1. The van der Waals surface area contributed by atoms with Gasteiger partial charge in [-0.3, -0.25) is 9.59 Å². The second kappa shape index (κ2) is 12.8. The molecule has 2 amide bonds. The van der Waals surface area contributed by atoms with Gasteiger partial charge in [-0.15, -0.1) is 0 Å². The Morgan fingerprint density at radius 1 is 1.07 bits per heavy atom. The molecule has 2 atom stereocenters. The molecule has 3 rings (SSSR count). The second-order valence-corrected chi connectivity index (χ2v) is 13.0. The number of rotatable bonds is 13. The van der Waals surface area contributed by atoms with E-state index in [0.29, 0.717) is 42.9 Å². The zero-order valence-corrected chi connectivity index (χ0v) is 26.6. The van der Waals surface area contributed by atoms with Crippen LogP contribution in [0.3, 0.4) is 0 Å². The van der Waals surface area contributed by atoms with Crippen molar-refractivity contribution >= 4 is 27.5 Å². The van der Waals surface area contributed by atoms with Crippen molar-refractivity contribution in [2.75, 3.05) is 60.3 Å². The van der Waals surface area contributed by atoms with Crippen LogP contribution in [0.2, 0.25) is 0 Å². The zero-order chi connectivity index (χ0) is 30.7. The van der Waals surface area contributed by atoms with Crippen molar-refractivity contribution in [3.8, 4) is 5.75 Å². The van der Waals surface area contributed by atoms with E-state index in [1.165, 1.54) is 18.3 Å². The number of amides is 2. The molecule has 1 fully saturated rings. The molecule has 226 valence electrons. The minimum Gasteiger partial charge on any atom is -0.497 e. The van der Waals surface area contributed by atoms with E-state index in [0.717, 1.165) is 23.4 Å². The highest BCUT2D eigenvalue weighted by atomic mass is 32.2. The lowest BCUT2D eigenvalue weighted by Gasteiger charge is -2.30. The van der Waals surface area contributed by atoms with E-state index in [4.69, 9.17) is 4.74 Å². The minimum atomic E-state index is -4.07. The van der Waals surface area contributed by atoms with Crippen LogP contribution in [0.1, 0.15) is 48.4 Å². The molecule has 2 N–H and O–H groups in total. The number of ether oxygens (including phenoxy) is 1. The molecule has 0 aromatic heterocycles. The predicted octanol–water partition coefficient (Wildman–Crippen LogP) is 2.95. The highest BCUT2D eigenvalue weighted by Crippen LogP contribution is 2.58. The van der Waals surface area contributed by atoms with Crippen LogP contribution in [0.5, 0.6) is 5.75 Å². The third-order valence-corrected chi connectivity index (χ3v) is 10.0. The third-order valence-electron chi connectivity index (χ3n) is 7.84. The normalized spacial score (nSPS) is 18.4. The summed E-state index contributed by atoms with van der Waals surface area (Å²) in [6.07, 6.45) is 0.331. The van der Waals surface area contributed by atoms with Gasteiger partial charge in [0.15, 0.2) is 0 Å². The number of anilines is 1. The number of carbonyl (C=O) groups is 2. The maximum atomic E-state index is 14.2. The summed E-state index contributed by atoms with van der Waals surface area (Å²) < 4.78 is 35.0. The van der Waals surface area contributed by atoms with Crippen LogP contribution >= 0.6 is 0 Å². The Kier molecular flexibility index (Phi) is 10.1. The fourth-order valence-electron chi connectivity index (χ4n) is 5.42. The third kappa shape index (κ3) is 6.68. The molecule has 1 aliphatic carbocycles. The first-order chi connectivity index (χ1) is 19.2. The van der Waals surface area contributed by atoms with Gasteiger partial charge in [0, 0.05) is 58.8 Å². The Balaban J connectivity index is 2.11. The van der Waals surface area contributed by atoms with Gasteiger partial charge < -0.3 is 25.2 Å². The van der Waals surface area contributed by atoms with Gasteiger partial charge >= 0.3 is 0 Å². The van der Waals surface area contributed by atoms with E-state index in [9.17, 15) is 18.0 Å². The summed E-state index contributed by atoms with van der Waals surface area (Å²) in [7, 11) is 4.70. The van der Waals surface area contributed by atoms with E-state index in [2.05, 4.69) is 15.5 Å². The maximum absolute atomic E-state index is 14.2. The van der Waals surface area contributed by atoms with E-state index < -0.39 is 21.5 Å². The minimum absolute atomic E-state index is 0.0566. The van der Waals surface area contributed by atoms with Crippen molar-refractivity contribution in [1.29, 1.82) is 0 Å². The predicted molar refractivity (Wildman–Crippen MR) is 162 cm³/mol. The fourth-order valence-corrected chi connectivity index (χ4v) is 7.34. The fraction of sp³-hybridized carbons (Fsp3) is 0.533. The first-order valence-corrected chi connectivity index (χ1v) is 15.3. The smallest absolute Gasteiger partial charge is 0.244 e. The van der Waals surface area contributed by atoms with Crippen LogP contribution in [0.15, 0.2) is 35.2 Å². The Morgan fingerprint density at radius 3 is 2.24 bits per heavy atom. The molecule has 2 aromatic rings. The molecule has 2 aromatic carbocycles. The lowest BCUT2D eigenvalue weighted by Crippen LogP contribution is -2.51. The van der Waals surface area contributed by atoms with Crippen molar-refractivity contribution in [3.05, 3.63) is 52.6 Å². The summed E-state index contributed by atoms with van der Waals surface area (Å²) in [5.74, 6) is -0.202. The molecular weight excluding hydrogens is 542 g/mol. The summed E-state index contributed by atoms with van der Waals surface area (Å²) in [6.45, 7) is 9.06. The SMILES string of the molecule is CCNC(=O)C1(N(C)S(=O)(=O)c2c(C)cc(OC)cc2C)CC1c1cc(CN(C)C(C)=O)ccc1NCCN(C)C. The lowest BCUT2D eigenvalue weighted by molar-refractivity contribution is -0.128. The van der Waals surface area contributed by atoms with Crippen LogP contribution < -0.4 is 15.4 Å².